The van der Waals surface area contributed by atoms with Gasteiger partial charge in [-0.2, -0.15) is 0 Å². The van der Waals surface area contributed by atoms with E-state index in [1.165, 1.54) is 31.6 Å². The van der Waals surface area contributed by atoms with Gasteiger partial charge in [-0.1, -0.05) is 12.1 Å². The molecule has 2 aliphatic rings. The van der Waals surface area contributed by atoms with Gasteiger partial charge in [0.25, 0.3) is 5.91 Å². The lowest BCUT2D eigenvalue weighted by atomic mass is 10.0. The summed E-state index contributed by atoms with van der Waals surface area (Å²) < 4.78 is 0. The maximum atomic E-state index is 12.6. The van der Waals surface area contributed by atoms with Crippen LogP contribution < -0.4 is 21.3 Å². The standard InChI is InChI=1S/C32H41N9O/c1-21(2)35-31-28(26-5-4-6-27-25(26)11-14-34-27)37-29(30(33)42)32(38-31)36-22-7-9-23(10-8-22)40-15-12-24(13-16-40)41-19-17-39(3)18-20-41/h4-11,14,21,24,34H,12-13,15-20H2,1-3H3,(H2,33,42)(H2,35,36,38). The number of benzene rings is 2. The van der Waals surface area contributed by atoms with Crippen LogP contribution in [0.2, 0.25) is 0 Å². The number of likely N-dealkylation sites (N-methyl/N-ethyl adjacent to an activating group) is 1. The maximum absolute atomic E-state index is 12.6. The van der Waals surface area contributed by atoms with E-state index in [1.807, 2.05) is 56.4 Å². The number of H-pyrrole nitrogens is 1. The van der Waals surface area contributed by atoms with Crippen LogP contribution in [-0.2, 0) is 0 Å². The van der Waals surface area contributed by atoms with E-state index in [0.29, 0.717) is 23.4 Å². The van der Waals surface area contributed by atoms with Crippen molar-refractivity contribution in [3.8, 4) is 11.3 Å². The number of hydrogen-bond acceptors (Lipinski definition) is 8. The molecule has 1 amide bonds. The number of carbonyl (C=O) groups is 1. The summed E-state index contributed by atoms with van der Waals surface area (Å²) in [6.45, 7) is 10.9. The van der Waals surface area contributed by atoms with Crippen molar-refractivity contribution < 1.29 is 4.79 Å². The molecule has 0 saturated carbocycles. The first-order valence-electron chi connectivity index (χ1n) is 14.9. The number of hydrogen-bond donors (Lipinski definition) is 4. The van der Waals surface area contributed by atoms with Gasteiger partial charge in [0.05, 0.1) is 0 Å². The number of aromatic nitrogens is 3. The van der Waals surface area contributed by atoms with Crippen LogP contribution in [0.5, 0.6) is 0 Å². The first-order chi connectivity index (χ1) is 20.4. The Morgan fingerprint density at radius 1 is 0.952 bits per heavy atom. The second kappa shape index (κ2) is 12.0. The topological polar surface area (TPSA) is 118 Å². The van der Waals surface area contributed by atoms with Crippen LogP contribution in [0.15, 0.2) is 54.7 Å². The third-order valence-electron chi connectivity index (χ3n) is 8.42. The number of amides is 1. The minimum Gasteiger partial charge on any atom is -0.371 e. The van der Waals surface area contributed by atoms with Crippen LogP contribution in [-0.4, -0.2) is 89.1 Å². The van der Waals surface area contributed by atoms with E-state index >= 15 is 0 Å². The highest BCUT2D eigenvalue weighted by molar-refractivity contribution is 6.00. The van der Waals surface area contributed by atoms with Gasteiger partial charge in [0.15, 0.2) is 17.3 Å². The fourth-order valence-electron chi connectivity index (χ4n) is 6.12. The van der Waals surface area contributed by atoms with E-state index in [4.69, 9.17) is 15.7 Å². The van der Waals surface area contributed by atoms with E-state index < -0.39 is 5.91 Å². The van der Waals surface area contributed by atoms with Gasteiger partial charge in [-0.05, 0) is 70.1 Å². The van der Waals surface area contributed by atoms with Gasteiger partial charge in [0, 0.05) is 85.4 Å². The van der Waals surface area contributed by atoms with E-state index in [9.17, 15) is 4.79 Å². The Morgan fingerprint density at radius 3 is 2.38 bits per heavy atom. The monoisotopic (exact) mass is 567 g/mol. The van der Waals surface area contributed by atoms with Gasteiger partial charge in [-0.15, -0.1) is 0 Å². The van der Waals surface area contributed by atoms with Crippen LogP contribution >= 0.6 is 0 Å². The predicted octanol–water partition coefficient (Wildman–Crippen LogP) is 4.50. The highest BCUT2D eigenvalue weighted by Gasteiger charge is 2.27. The number of rotatable bonds is 8. The normalized spacial score (nSPS) is 17.2. The molecule has 220 valence electrons. The summed E-state index contributed by atoms with van der Waals surface area (Å²) in [5, 5.41) is 7.72. The van der Waals surface area contributed by atoms with E-state index in [1.54, 1.807) is 0 Å². The Balaban J connectivity index is 1.21. The molecule has 2 fully saturated rings. The molecule has 2 aromatic heterocycles. The highest BCUT2D eigenvalue weighted by atomic mass is 16.1. The summed E-state index contributed by atoms with van der Waals surface area (Å²) >= 11 is 0. The molecule has 42 heavy (non-hydrogen) atoms. The summed E-state index contributed by atoms with van der Waals surface area (Å²) in [6.07, 6.45) is 4.27. The van der Waals surface area contributed by atoms with Crippen molar-refractivity contribution >= 4 is 39.8 Å². The first-order valence-corrected chi connectivity index (χ1v) is 14.9. The second-order valence-corrected chi connectivity index (χ2v) is 11.8. The van der Waals surface area contributed by atoms with E-state index in [2.05, 4.69) is 49.5 Å². The lowest BCUT2D eigenvalue weighted by Crippen LogP contribution is -2.52. The fraction of sp³-hybridized carbons (Fsp3) is 0.406. The van der Waals surface area contributed by atoms with Gasteiger partial charge >= 0.3 is 0 Å². The summed E-state index contributed by atoms with van der Waals surface area (Å²) in [5.41, 5.74) is 10.4. The lowest BCUT2D eigenvalue weighted by Gasteiger charge is -2.42. The van der Waals surface area contributed by atoms with Crippen LogP contribution in [0.25, 0.3) is 22.2 Å². The van der Waals surface area contributed by atoms with Gasteiger partial charge in [-0.25, -0.2) is 9.97 Å². The molecule has 0 unspecified atom stereocenters. The molecule has 2 aromatic carbocycles. The zero-order valence-electron chi connectivity index (χ0n) is 24.7. The second-order valence-electron chi connectivity index (χ2n) is 11.8. The number of piperazine rings is 1. The zero-order valence-corrected chi connectivity index (χ0v) is 24.7. The van der Waals surface area contributed by atoms with Crippen LogP contribution in [0, 0.1) is 0 Å². The molecule has 4 heterocycles. The van der Waals surface area contributed by atoms with Crippen molar-refractivity contribution in [1.29, 1.82) is 0 Å². The number of primary amides is 1. The Bertz CT molecular complexity index is 1530. The van der Waals surface area contributed by atoms with E-state index in [-0.39, 0.29) is 11.7 Å². The number of anilines is 4. The molecule has 0 radical (unpaired) electrons. The number of piperidine rings is 1. The Hall–Kier alpha value is -4.15. The number of nitrogens with one attached hydrogen (secondary N) is 3. The van der Waals surface area contributed by atoms with Crippen LogP contribution in [0.1, 0.15) is 37.2 Å². The first kappa shape index (κ1) is 28.0. The van der Waals surface area contributed by atoms with Gasteiger partial charge in [0.1, 0.15) is 5.69 Å². The Labute approximate surface area is 247 Å². The minimum absolute atomic E-state index is 0.0990. The predicted molar refractivity (Wildman–Crippen MR) is 171 cm³/mol. The quantitative estimate of drug-likeness (QED) is 0.246. The van der Waals surface area contributed by atoms with Crippen molar-refractivity contribution in [2.45, 2.75) is 38.8 Å². The third kappa shape index (κ3) is 5.91. The average Bonchev–Trinajstić information content (AvgIpc) is 3.47. The van der Waals surface area contributed by atoms with Crippen LogP contribution in [0.4, 0.5) is 23.0 Å². The van der Waals surface area contributed by atoms with Crippen molar-refractivity contribution in [3.63, 3.8) is 0 Å². The molecule has 0 atom stereocenters. The van der Waals surface area contributed by atoms with Gasteiger partial charge in [-0.3, -0.25) is 9.69 Å². The zero-order chi connectivity index (χ0) is 29.2. The fourth-order valence-corrected chi connectivity index (χ4v) is 6.12. The van der Waals surface area contributed by atoms with Crippen molar-refractivity contribution in [1.82, 2.24) is 24.8 Å². The van der Waals surface area contributed by atoms with Crippen molar-refractivity contribution in [2.75, 3.05) is 61.8 Å². The molecule has 10 heteroatoms. The molecule has 0 bridgehead atoms. The molecule has 5 N–H and O–H groups in total. The Morgan fingerprint density at radius 2 is 1.69 bits per heavy atom. The molecule has 0 aliphatic carbocycles. The van der Waals surface area contributed by atoms with Crippen molar-refractivity contribution in [2.24, 2.45) is 5.73 Å². The van der Waals surface area contributed by atoms with Gasteiger partial charge in [0.2, 0.25) is 0 Å². The van der Waals surface area contributed by atoms with E-state index in [0.717, 1.165) is 48.3 Å². The highest BCUT2D eigenvalue weighted by Crippen LogP contribution is 2.34. The molecular weight excluding hydrogens is 526 g/mol. The molecule has 6 rings (SSSR count). The third-order valence-corrected chi connectivity index (χ3v) is 8.42. The summed E-state index contributed by atoms with van der Waals surface area (Å²) in [7, 11) is 2.21. The molecule has 2 aliphatic heterocycles. The molecular formula is C32H41N9O. The summed E-state index contributed by atoms with van der Waals surface area (Å²) in [6, 6.07) is 17.0. The number of nitrogens with zero attached hydrogens (tertiary/aromatic N) is 5. The maximum Gasteiger partial charge on any atom is 0.271 e. The number of nitrogens with two attached hydrogens (primary N) is 1. The van der Waals surface area contributed by atoms with Crippen LogP contribution in [0.3, 0.4) is 0 Å². The number of carbonyl (C=O) groups excluding carboxylic acids is 1. The smallest absolute Gasteiger partial charge is 0.271 e. The molecule has 2 saturated heterocycles. The van der Waals surface area contributed by atoms with Crippen molar-refractivity contribution in [3.05, 3.63) is 60.4 Å². The SMILES string of the molecule is CC(C)Nc1nc(Nc2ccc(N3CCC(N4CCN(C)CC4)CC3)cc2)c(C(N)=O)nc1-c1cccc2[nH]ccc12. The molecule has 0 spiro atoms. The Kier molecular flexibility index (Phi) is 7.99. The minimum atomic E-state index is -0.636. The number of fused-ring (bicyclic) bond motifs is 1. The van der Waals surface area contributed by atoms with Gasteiger partial charge < -0.3 is 31.2 Å². The summed E-state index contributed by atoms with van der Waals surface area (Å²) in [5.74, 6) is 0.283. The summed E-state index contributed by atoms with van der Waals surface area (Å²) in [4.78, 5) is 33.0. The largest absolute Gasteiger partial charge is 0.371 e. The average molecular weight is 568 g/mol. The lowest BCUT2D eigenvalue weighted by molar-refractivity contribution is 0.0982. The number of aromatic amines is 1. The molecule has 10 nitrogen and oxygen atoms in total. The molecule has 4 aromatic rings.